The highest BCUT2D eigenvalue weighted by atomic mass is 16.5. The summed E-state index contributed by atoms with van der Waals surface area (Å²) in [6.07, 6.45) is 1.90. The average Bonchev–Trinajstić information content (AvgIpc) is 3.12. The molecular formula is C19H23NO6. The molecular weight excluding hydrogens is 338 g/mol. The molecule has 1 fully saturated rings. The van der Waals surface area contributed by atoms with E-state index in [9.17, 15) is 15.0 Å². The van der Waals surface area contributed by atoms with Crippen LogP contribution in [-0.2, 0) is 13.2 Å². The molecule has 0 unspecified atom stereocenters. The zero-order valence-electron chi connectivity index (χ0n) is 14.9. The molecule has 140 valence electrons. The van der Waals surface area contributed by atoms with Crippen LogP contribution in [0.15, 0.2) is 33.5 Å². The van der Waals surface area contributed by atoms with Gasteiger partial charge in [-0.2, -0.15) is 0 Å². The maximum Gasteiger partial charge on any atom is 0.227 e. The molecule has 7 heteroatoms. The summed E-state index contributed by atoms with van der Waals surface area (Å²) in [7, 11) is 3.22. The normalized spacial score (nSPS) is 17.4. The molecule has 0 bridgehead atoms. The SMILES string of the molecule is COc1ccc([C@@H]2CCCN2Cc2oc(CO)cc(=O)c2O)c(OC)c1. The van der Waals surface area contributed by atoms with Gasteiger partial charge in [0.15, 0.2) is 5.76 Å². The van der Waals surface area contributed by atoms with Gasteiger partial charge in [0.1, 0.15) is 23.9 Å². The van der Waals surface area contributed by atoms with Crippen LogP contribution in [0.25, 0.3) is 0 Å². The van der Waals surface area contributed by atoms with Gasteiger partial charge in [0, 0.05) is 23.7 Å². The van der Waals surface area contributed by atoms with Crippen LogP contribution in [0, 0.1) is 0 Å². The number of hydrogen-bond donors (Lipinski definition) is 2. The molecule has 2 aromatic rings. The number of likely N-dealkylation sites (tertiary alicyclic amines) is 1. The molecule has 2 N–H and O–H groups in total. The molecule has 0 spiro atoms. The molecule has 2 heterocycles. The Hall–Kier alpha value is -2.51. The van der Waals surface area contributed by atoms with Gasteiger partial charge in [0.2, 0.25) is 11.2 Å². The van der Waals surface area contributed by atoms with Gasteiger partial charge < -0.3 is 24.1 Å². The second-order valence-electron chi connectivity index (χ2n) is 6.24. The summed E-state index contributed by atoms with van der Waals surface area (Å²) in [4.78, 5) is 14.0. The van der Waals surface area contributed by atoms with Crippen molar-refractivity contribution in [1.29, 1.82) is 0 Å². The molecule has 1 aromatic heterocycles. The Morgan fingerprint density at radius 1 is 1.27 bits per heavy atom. The highest BCUT2D eigenvalue weighted by Crippen LogP contribution is 2.39. The first-order valence-electron chi connectivity index (χ1n) is 8.49. The predicted octanol–water partition coefficient (Wildman–Crippen LogP) is 2.19. The molecule has 3 rings (SSSR count). The monoisotopic (exact) mass is 361 g/mol. The van der Waals surface area contributed by atoms with Crippen LogP contribution < -0.4 is 14.9 Å². The second kappa shape index (κ2) is 7.80. The van der Waals surface area contributed by atoms with Gasteiger partial charge in [-0.25, -0.2) is 0 Å². The third-order valence-electron chi connectivity index (χ3n) is 4.71. The van der Waals surface area contributed by atoms with Crippen molar-refractivity contribution in [2.75, 3.05) is 20.8 Å². The molecule has 1 aliphatic rings. The number of aliphatic hydroxyl groups is 1. The third kappa shape index (κ3) is 3.54. The van der Waals surface area contributed by atoms with Crippen LogP contribution in [0.3, 0.4) is 0 Å². The summed E-state index contributed by atoms with van der Waals surface area (Å²) in [6, 6.07) is 6.88. The molecule has 1 saturated heterocycles. The van der Waals surface area contributed by atoms with Gasteiger partial charge in [-0.3, -0.25) is 9.69 Å². The molecule has 1 aliphatic heterocycles. The van der Waals surface area contributed by atoms with Gasteiger partial charge in [-0.05, 0) is 25.5 Å². The van der Waals surface area contributed by atoms with E-state index in [1.165, 1.54) is 0 Å². The van der Waals surface area contributed by atoms with Crippen molar-refractivity contribution in [2.24, 2.45) is 0 Å². The van der Waals surface area contributed by atoms with Crippen LogP contribution in [0.2, 0.25) is 0 Å². The Morgan fingerprint density at radius 2 is 2.08 bits per heavy atom. The lowest BCUT2D eigenvalue weighted by molar-refractivity contribution is 0.195. The first-order valence-corrected chi connectivity index (χ1v) is 8.49. The fourth-order valence-electron chi connectivity index (χ4n) is 3.42. The van der Waals surface area contributed by atoms with E-state index >= 15 is 0 Å². The van der Waals surface area contributed by atoms with Crippen LogP contribution >= 0.6 is 0 Å². The lowest BCUT2D eigenvalue weighted by atomic mass is 10.0. The van der Waals surface area contributed by atoms with Gasteiger partial charge in [-0.1, -0.05) is 6.07 Å². The summed E-state index contributed by atoms with van der Waals surface area (Å²) in [5, 5.41) is 19.3. The average molecular weight is 361 g/mol. The van der Waals surface area contributed by atoms with E-state index in [1.54, 1.807) is 14.2 Å². The van der Waals surface area contributed by atoms with E-state index in [4.69, 9.17) is 13.9 Å². The van der Waals surface area contributed by atoms with Crippen molar-refractivity contribution >= 4 is 0 Å². The lowest BCUT2D eigenvalue weighted by Crippen LogP contribution is -2.24. The first kappa shape index (κ1) is 18.3. The first-order chi connectivity index (χ1) is 12.6. The van der Waals surface area contributed by atoms with Crippen molar-refractivity contribution in [3.05, 3.63) is 51.6 Å². The van der Waals surface area contributed by atoms with Crippen LogP contribution in [0.4, 0.5) is 0 Å². The Balaban J connectivity index is 1.90. The number of aromatic hydroxyl groups is 1. The van der Waals surface area contributed by atoms with Gasteiger partial charge >= 0.3 is 0 Å². The summed E-state index contributed by atoms with van der Waals surface area (Å²) in [5.41, 5.74) is 0.471. The smallest absolute Gasteiger partial charge is 0.227 e. The second-order valence-corrected chi connectivity index (χ2v) is 6.24. The highest BCUT2D eigenvalue weighted by Gasteiger charge is 2.30. The van der Waals surface area contributed by atoms with Crippen LogP contribution in [0.1, 0.15) is 36.0 Å². The standard InChI is InChI=1S/C19H23NO6/c1-24-12-5-6-14(17(9-12)25-2)15-4-3-7-20(15)10-18-19(23)16(22)8-13(11-21)26-18/h5-6,8-9,15,21,23H,3-4,7,10-11H2,1-2H3/t15-/m0/s1. The highest BCUT2D eigenvalue weighted by molar-refractivity contribution is 5.43. The number of methoxy groups -OCH3 is 2. The Morgan fingerprint density at radius 3 is 2.77 bits per heavy atom. The Bertz CT molecular complexity index is 831. The lowest BCUT2D eigenvalue weighted by Gasteiger charge is -2.26. The van der Waals surface area contributed by atoms with E-state index in [0.29, 0.717) is 0 Å². The van der Waals surface area contributed by atoms with E-state index in [2.05, 4.69) is 4.90 Å². The number of rotatable bonds is 6. The Kier molecular flexibility index (Phi) is 5.49. The van der Waals surface area contributed by atoms with Crippen molar-refractivity contribution < 1.29 is 24.1 Å². The zero-order valence-corrected chi connectivity index (χ0v) is 14.9. The zero-order chi connectivity index (χ0) is 18.7. The Labute approximate surface area is 151 Å². The van der Waals surface area contributed by atoms with Crippen molar-refractivity contribution in [1.82, 2.24) is 4.90 Å². The molecule has 0 amide bonds. The number of hydrogen-bond acceptors (Lipinski definition) is 7. The number of benzene rings is 1. The fourth-order valence-corrected chi connectivity index (χ4v) is 3.42. The topological polar surface area (TPSA) is 92.4 Å². The number of aliphatic hydroxyl groups excluding tert-OH is 1. The predicted molar refractivity (Wildman–Crippen MR) is 94.5 cm³/mol. The maximum absolute atomic E-state index is 11.8. The molecule has 7 nitrogen and oxygen atoms in total. The van der Waals surface area contributed by atoms with Crippen LogP contribution in [-0.4, -0.2) is 35.9 Å². The van der Waals surface area contributed by atoms with Crippen LogP contribution in [0.5, 0.6) is 17.2 Å². The minimum absolute atomic E-state index is 0.0679. The summed E-state index contributed by atoms with van der Waals surface area (Å²) in [6.45, 7) is 0.680. The fraction of sp³-hybridized carbons (Fsp3) is 0.421. The van der Waals surface area contributed by atoms with E-state index < -0.39 is 17.8 Å². The quantitative estimate of drug-likeness (QED) is 0.815. The minimum Gasteiger partial charge on any atom is -0.502 e. The van der Waals surface area contributed by atoms with Gasteiger partial charge in [-0.15, -0.1) is 0 Å². The molecule has 0 aliphatic carbocycles. The van der Waals surface area contributed by atoms with Gasteiger partial charge in [0.05, 0.1) is 20.8 Å². The molecule has 1 atom stereocenters. The summed E-state index contributed by atoms with van der Waals surface area (Å²) < 4.78 is 16.3. The molecule has 0 saturated carbocycles. The van der Waals surface area contributed by atoms with Crippen molar-refractivity contribution in [2.45, 2.75) is 32.0 Å². The maximum atomic E-state index is 11.8. The number of ether oxygens (including phenoxy) is 2. The number of nitrogens with zero attached hydrogens (tertiary/aromatic N) is 1. The molecule has 0 radical (unpaired) electrons. The van der Waals surface area contributed by atoms with E-state index in [0.717, 1.165) is 42.5 Å². The molecule has 26 heavy (non-hydrogen) atoms. The molecule has 1 aromatic carbocycles. The largest absolute Gasteiger partial charge is 0.502 e. The van der Waals surface area contributed by atoms with E-state index in [1.807, 2.05) is 18.2 Å². The summed E-state index contributed by atoms with van der Waals surface area (Å²) in [5.74, 6) is 1.35. The minimum atomic E-state index is -0.548. The van der Waals surface area contributed by atoms with Crippen molar-refractivity contribution in [3.63, 3.8) is 0 Å². The third-order valence-corrected chi connectivity index (χ3v) is 4.71. The van der Waals surface area contributed by atoms with E-state index in [-0.39, 0.29) is 24.1 Å². The van der Waals surface area contributed by atoms with Gasteiger partial charge in [0.25, 0.3) is 0 Å². The van der Waals surface area contributed by atoms with Crippen molar-refractivity contribution in [3.8, 4) is 17.2 Å². The summed E-state index contributed by atoms with van der Waals surface area (Å²) >= 11 is 0.